The summed E-state index contributed by atoms with van der Waals surface area (Å²) in [7, 11) is 3.16. The third kappa shape index (κ3) is 2.04. The van der Waals surface area contributed by atoms with Gasteiger partial charge in [-0.15, -0.1) is 11.3 Å². The van der Waals surface area contributed by atoms with Crippen molar-refractivity contribution in [3.05, 3.63) is 40.0 Å². The Labute approximate surface area is 118 Å². The van der Waals surface area contributed by atoms with Crippen molar-refractivity contribution in [3.63, 3.8) is 0 Å². The van der Waals surface area contributed by atoms with Crippen molar-refractivity contribution in [1.82, 2.24) is 9.97 Å². The van der Waals surface area contributed by atoms with Gasteiger partial charge in [0.2, 0.25) is 0 Å². The van der Waals surface area contributed by atoms with Gasteiger partial charge in [0, 0.05) is 0 Å². The van der Waals surface area contributed by atoms with Crippen LogP contribution in [0.5, 0.6) is 11.5 Å². The lowest BCUT2D eigenvalue weighted by atomic mass is 10.1. The maximum absolute atomic E-state index is 12.0. The van der Waals surface area contributed by atoms with Gasteiger partial charge < -0.3 is 14.5 Å². The van der Waals surface area contributed by atoms with Gasteiger partial charge in [0.25, 0.3) is 5.56 Å². The van der Waals surface area contributed by atoms with E-state index in [2.05, 4.69) is 9.97 Å². The van der Waals surface area contributed by atoms with Crippen LogP contribution in [0.15, 0.2) is 34.4 Å². The molecule has 2 heterocycles. The van der Waals surface area contributed by atoms with Gasteiger partial charge in [-0.2, -0.15) is 0 Å². The van der Waals surface area contributed by atoms with Crippen molar-refractivity contribution in [3.8, 4) is 22.9 Å². The summed E-state index contributed by atoms with van der Waals surface area (Å²) in [5.74, 6) is 1.77. The van der Waals surface area contributed by atoms with E-state index in [4.69, 9.17) is 9.47 Å². The van der Waals surface area contributed by atoms with E-state index in [1.807, 2.05) is 11.4 Å². The summed E-state index contributed by atoms with van der Waals surface area (Å²) < 4.78 is 11.1. The summed E-state index contributed by atoms with van der Waals surface area (Å²) in [6, 6.07) is 7.19. The number of ether oxygens (including phenoxy) is 2. The average molecular weight is 288 g/mol. The fourth-order valence-electron chi connectivity index (χ4n) is 2.00. The first-order chi connectivity index (χ1) is 9.72. The van der Waals surface area contributed by atoms with Crippen molar-refractivity contribution >= 4 is 21.6 Å². The number of thiophene rings is 1. The molecule has 5 nitrogen and oxygen atoms in total. The summed E-state index contributed by atoms with van der Waals surface area (Å²) in [5, 5.41) is 1.85. The summed E-state index contributed by atoms with van der Waals surface area (Å²) in [5.41, 5.74) is 1.22. The maximum atomic E-state index is 12.0. The van der Waals surface area contributed by atoms with E-state index in [-0.39, 0.29) is 5.56 Å². The van der Waals surface area contributed by atoms with Gasteiger partial charge in [0.15, 0.2) is 0 Å². The van der Waals surface area contributed by atoms with E-state index < -0.39 is 0 Å². The van der Waals surface area contributed by atoms with Crippen LogP contribution in [0, 0.1) is 0 Å². The predicted molar refractivity (Wildman–Crippen MR) is 78.8 cm³/mol. The third-order valence-electron chi connectivity index (χ3n) is 2.98. The highest BCUT2D eigenvalue weighted by molar-refractivity contribution is 7.17. The number of nitrogens with one attached hydrogen (secondary N) is 1. The van der Waals surface area contributed by atoms with Crippen molar-refractivity contribution in [2.24, 2.45) is 0 Å². The van der Waals surface area contributed by atoms with Crippen molar-refractivity contribution < 1.29 is 9.47 Å². The number of rotatable bonds is 3. The lowest BCUT2D eigenvalue weighted by Crippen LogP contribution is -2.08. The standard InChI is InChI=1S/C14H12N2O3S/c1-18-8-3-4-11(19-2)9(7-8)13-15-10-5-6-20-12(10)14(17)16-13/h3-7H,1-2H3,(H,15,16,17). The molecule has 3 rings (SSSR count). The molecule has 0 spiro atoms. The predicted octanol–water partition coefficient (Wildman–Crippen LogP) is 2.67. The molecule has 0 amide bonds. The van der Waals surface area contributed by atoms with E-state index in [0.29, 0.717) is 33.1 Å². The first kappa shape index (κ1) is 12.7. The smallest absolute Gasteiger partial charge is 0.269 e. The quantitative estimate of drug-likeness (QED) is 0.804. The van der Waals surface area contributed by atoms with Crippen LogP contribution in [-0.2, 0) is 0 Å². The Morgan fingerprint density at radius 2 is 2.05 bits per heavy atom. The molecule has 0 fully saturated rings. The molecule has 20 heavy (non-hydrogen) atoms. The molecule has 0 aliphatic rings. The minimum absolute atomic E-state index is 0.148. The number of fused-ring (bicyclic) bond motifs is 1. The molecule has 0 atom stereocenters. The van der Waals surface area contributed by atoms with Crippen LogP contribution in [0.3, 0.4) is 0 Å². The number of aromatic amines is 1. The molecule has 1 aromatic carbocycles. The molecule has 2 aromatic heterocycles. The highest BCUT2D eigenvalue weighted by Crippen LogP contribution is 2.31. The van der Waals surface area contributed by atoms with Crippen LogP contribution in [0.25, 0.3) is 21.6 Å². The van der Waals surface area contributed by atoms with Crippen LogP contribution < -0.4 is 15.0 Å². The maximum Gasteiger partial charge on any atom is 0.269 e. The van der Waals surface area contributed by atoms with E-state index >= 15 is 0 Å². The molecule has 3 aromatic rings. The van der Waals surface area contributed by atoms with Crippen molar-refractivity contribution in [1.29, 1.82) is 0 Å². The Morgan fingerprint density at radius 3 is 2.80 bits per heavy atom. The SMILES string of the molecule is COc1ccc(OC)c(-c2nc3ccsc3c(=O)[nH]2)c1. The number of benzene rings is 1. The number of aromatic nitrogens is 2. The topological polar surface area (TPSA) is 64.2 Å². The highest BCUT2D eigenvalue weighted by Gasteiger charge is 2.12. The lowest BCUT2D eigenvalue weighted by Gasteiger charge is -2.09. The zero-order chi connectivity index (χ0) is 14.1. The first-order valence-electron chi connectivity index (χ1n) is 5.93. The molecule has 0 aliphatic carbocycles. The Kier molecular flexibility index (Phi) is 3.15. The van der Waals surface area contributed by atoms with E-state index in [9.17, 15) is 4.79 Å². The van der Waals surface area contributed by atoms with Gasteiger partial charge in [0.1, 0.15) is 22.0 Å². The van der Waals surface area contributed by atoms with Crippen LogP contribution in [0.1, 0.15) is 0 Å². The van der Waals surface area contributed by atoms with Crippen LogP contribution in [0.2, 0.25) is 0 Å². The second kappa shape index (κ2) is 4.97. The van der Waals surface area contributed by atoms with Gasteiger partial charge in [-0.1, -0.05) is 0 Å². The molecule has 0 aliphatic heterocycles. The van der Waals surface area contributed by atoms with Gasteiger partial charge in [0.05, 0.1) is 25.3 Å². The fraction of sp³-hybridized carbons (Fsp3) is 0.143. The molecule has 0 radical (unpaired) electrons. The van der Waals surface area contributed by atoms with E-state index in [1.165, 1.54) is 11.3 Å². The van der Waals surface area contributed by atoms with Crippen LogP contribution >= 0.6 is 11.3 Å². The Balaban J connectivity index is 2.26. The zero-order valence-corrected chi connectivity index (χ0v) is 11.8. The number of methoxy groups -OCH3 is 2. The molecule has 0 saturated heterocycles. The molecule has 6 heteroatoms. The lowest BCUT2D eigenvalue weighted by molar-refractivity contribution is 0.404. The van der Waals surface area contributed by atoms with Crippen LogP contribution in [0.4, 0.5) is 0 Å². The fourth-order valence-corrected chi connectivity index (χ4v) is 2.73. The number of H-pyrrole nitrogens is 1. The van der Waals surface area contributed by atoms with Crippen molar-refractivity contribution in [2.45, 2.75) is 0 Å². The second-order valence-electron chi connectivity index (χ2n) is 4.12. The molecule has 0 bridgehead atoms. The summed E-state index contributed by atoms with van der Waals surface area (Å²) in [6.07, 6.45) is 0. The highest BCUT2D eigenvalue weighted by atomic mass is 32.1. The van der Waals surface area contributed by atoms with Gasteiger partial charge in [-0.05, 0) is 29.6 Å². The molecule has 1 N–H and O–H groups in total. The molecular weight excluding hydrogens is 276 g/mol. The molecule has 0 unspecified atom stereocenters. The Morgan fingerprint density at radius 1 is 1.20 bits per heavy atom. The second-order valence-corrected chi connectivity index (χ2v) is 5.03. The van der Waals surface area contributed by atoms with E-state index in [0.717, 1.165) is 0 Å². The Hall–Kier alpha value is -2.34. The van der Waals surface area contributed by atoms with Crippen molar-refractivity contribution in [2.75, 3.05) is 14.2 Å². The zero-order valence-electron chi connectivity index (χ0n) is 11.0. The van der Waals surface area contributed by atoms with Crippen LogP contribution in [-0.4, -0.2) is 24.2 Å². The summed E-state index contributed by atoms with van der Waals surface area (Å²) in [6.45, 7) is 0. The van der Waals surface area contributed by atoms with Gasteiger partial charge in [-0.3, -0.25) is 4.79 Å². The number of nitrogens with zero attached hydrogens (tertiary/aromatic N) is 1. The molecule has 0 saturated carbocycles. The monoisotopic (exact) mass is 288 g/mol. The first-order valence-corrected chi connectivity index (χ1v) is 6.81. The molecular formula is C14H12N2O3S. The number of hydrogen-bond acceptors (Lipinski definition) is 5. The summed E-state index contributed by atoms with van der Waals surface area (Å²) >= 11 is 1.37. The van der Waals surface area contributed by atoms with Gasteiger partial charge in [-0.25, -0.2) is 4.98 Å². The number of hydrogen-bond donors (Lipinski definition) is 1. The largest absolute Gasteiger partial charge is 0.497 e. The van der Waals surface area contributed by atoms with E-state index in [1.54, 1.807) is 32.4 Å². The summed E-state index contributed by atoms with van der Waals surface area (Å²) in [4.78, 5) is 19.3. The average Bonchev–Trinajstić information content (AvgIpc) is 2.95. The Bertz CT molecular complexity index is 823. The minimum atomic E-state index is -0.148. The minimum Gasteiger partial charge on any atom is -0.497 e. The third-order valence-corrected chi connectivity index (χ3v) is 3.88. The molecule has 102 valence electrons. The normalized spacial score (nSPS) is 10.7. The van der Waals surface area contributed by atoms with Gasteiger partial charge >= 0.3 is 0 Å².